The molecule has 28 heavy (non-hydrogen) atoms. The summed E-state index contributed by atoms with van der Waals surface area (Å²) in [7, 11) is 4.28. The Bertz CT molecular complexity index is 1000. The van der Waals surface area contributed by atoms with Crippen molar-refractivity contribution in [2.45, 2.75) is 6.18 Å². The SMILES string of the molecule is CNc1nc(Nc2cc(F)c(-c3cnnn3C)cc2OC)ncc1C(F)(F)F. The van der Waals surface area contributed by atoms with E-state index in [1.807, 2.05) is 0 Å². The van der Waals surface area contributed by atoms with Crippen molar-refractivity contribution in [1.29, 1.82) is 0 Å². The average molecular weight is 397 g/mol. The molecular weight excluding hydrogens is 382 g/mol. The molecule has 0 amide bonds. The topological polar surface area (TPSA) is 89.8 Å². The van der Waals surface area contributed by atoms with E-state index in [0.717, 1.165) is 6.07 Å². The Balaban J connectivity index is 1.99. The van der Waals surface area contributed by atoms with E-state index in [1.54, 1.807) is 7.05 Å². The summed E-state index contributed by atoms with van der Waals surface area (Å²) < 4.78 is 60.1. The average Bonchev–Trinajstić information content (AvgIpc) is 3.06. The molecule has 0 aliphatic rings. The summed E-state index contributed by atoms with van der Waals surface area (Å²) in [5.74, 6) is -0.964. The fourth-order valence-electron chi connectivity index (χ4n) is 2.51. The number of halogens is 4. The van der Waals surface area contributed by atoms with E-state index >= 15 is 0 Å². The fourth-order valence-corrected chi connectivity index (χ4v) is 2.51. The van der Waals surface area contributed by atoms with Gasteiger partial charge in [-0.1, -0.05) is 5.21 Å². The van der Waals surface area contributed by atoms with Crippen LogP contribution in [0.2, 0.25) is 0 Å². The van der Waals surface area contributed by atoms with E-state index in [0.29, 0.717) is 11.9 Å². The summed E-state index contributed by atoms with van der Waals surface area (Å²) in [4.78, 5) is 7.45. The summed E-state index contributed by atoms with van der Waals surface area (Å²) in [6.45, 7) is 0. The highest BCUT2D eigenvalue weighted by Crippen LogP contribution is 2.36. The van der Waals surface area contributed by atoms with Crippen LogP contribution in [0.5, 0.6) is 5.75 Å². The normalized spacial score (nSPS) is 11.4. The van der Waals surface area contributed by atoms with Crippen LogP contribution in [0.4, 0.5) is 35.0 Å². The number of aryl methyl sites for hydroxylation is 1. The number of rotatable bonds is 5. The maximum Gasteiger partial charge on any atom is 0.421 e. The zero-order chi connectivity index (χ0) is 20.5. The summed E-state index contributed by atoms with van der Waals surface area (Å²) in [6, 6.07) is 2.54. The molecule has 0 bridgehead atoms. The summed E-state index contributed by atoms with van der Waals surface area (Å²) in [5.41, 5.74) is -0.261. The quantitative estimate of drug-likeness (QED) is 0.639. The highest BCUT2D eigenvalue weighted by Gasteiger charge is 2.35. The Morgan fingerprint density at radius 1 is 1.18 bits per heavy atom. The third-order valence-corrected chi connectivity index (χ3v) is 3.86. The molecule has 3 rings (SSSR count). The van der Waals surface area contributed by atoms with Gasteiger partial charge in [-0.2, -0.15) is 18.2 Å². The molecule has 1 aromatic carbocycles. The summed E-state index contributed by atoms with van der Waals surface area (Å²) >= 11 is 0. The van der Waals surface area contributed by atoms with E-state index in [1.165, 1.54) is 31.1 Å². The van der Waals surface area contributed by atoms with E-state index in [2.05, 4.69) is 30.9 Å². The molecule has 0 aliphatic carbocycles. The number of ether oxygens (including phenoxy) is 1. The molecule has 0 saturated carbocycles. The number of hydrogen-bond acceptors (Lipinski definition) is 7. The molecular formula is C16H15F4N7O. The molecule has 2 aromatic heterocycles. The van der Waals surface area contributed by atoms with Gasteiger partial charge in [0, 0.05) is 31.9 Å². The van der Waals surface area contributed by atoms with E-state index in [9.17, 15) is 17.6 Å². The Kier molecular flexibility index (Phi) is 5.03. The standard InChI is InChI=1S/C16H15F4N7O/c1-21-14-9(16(18,19)20)6-22-15(25-14)24-11-5-10(17)8(4-13(11)28-3)12-7-23-26-27(12)2/h4-7H,1-3H3,(H2,21,22,24,25). The number of benzene rings is 1. The van der Waals surface area contributed by atoms with Gasteiger partial charge < -0.3 is 15.4 Å². The molecule has 0 saturated heterocycles. The molecule has 0 fully saturated rings. The first-order chi connectivity index (χ1) is 13.2. The molecule has 12 heteroatoms. The van der Waals surface area contributed by atoms with Gasteiger partial charge in [-0.15, -0.1) is 5.10 Å². The lowest BCUT2D eigenvalue weighted by Crippen LogP contribution is -2.12. The first-order valence-electron chi connectivity index (χ1n) is 7.86. The lowest BCUT2D eigenvalue weighted by molar-refractivity contribution is -0.137. The van der Waals surface area contributed by atoms with Crippen molar-refractivity contribution in [1.82, 2.24) is 25.0 Å². The van der Waals surface area contributed by atoms with Crippen molar-refractivity contribution in [3.05, 3.63) is 35.9 Å². The third-order valence-electron chi connectivity index (χ3n) is 3.86. The molecule has 0 spiro atoms. The largest absolute Gasteiger partial charge is 0.495 e. The van der Waals surface area contributed by atoms with Gasteiger partial charge in [-0.25, -0.2) is 14.1 Å². The van der Waals surface area contributed by atoms with E-state index < -0.39 is 23.4 Å². The predicted molar refractivity (Wildman–Crippen MR) is 92.8 cm³/mol. The highest BCUT2D eigenvalue weighted by atomic mass is 19.4. The van der Waals surface area contributed by atoms with Crippen molar-refractivity contribution in [2.24, 2.45) is 7.05 Å². The van der Waals surface area contributed by atoms with Crippen molar-refractivity contribution in [3.8, 4) is 17.0 Å². The van der Waals surface area contributed by atoms with Crippen molar-refractivity contribution >= 4 is 17.5 Å². The van der Waals surface area contributed by atoms with Crippen LogP contribution in [-0.4, -0.2) is 39.1 Å². The number of alkyl halides is 3. The van der Waals surface area contributed by atoms with Gasteiger partial charge in [0.05, 0.1) is 24.7 Å². The number of nitrogens with zero attached hydrogens (tertiary/aromatic N) is 5. The first kappa shape index (κ1) is 19.3. The lowest BCUT2D eigenvalue weighted by atomic mass is 10.1. The second-order valence-electron chi connectivity index (χ2n) is 5.60. The van der Waals surface area contributed by atoms with Crippen LogP contribution >= 0.6 is 0 Å². The van der Waals surface area contributed by atoms with Crippen LogP contribution in [0.3, 0.4) is 0 Å². The number of anilines is 3. The minimum Gasteiger partial charge on any atom is -0.495 e. The summed E-state index contributed by atoms with van der Waals surface area (Å²) in [5, 5.41) is 12.5. The molecule has 0 aliphatic heterocycles. The summed E-state index contributed by atoms with van der Waals surface area (Å²) in [6.07, 6.45) is -2.58. The van der Waals surface area contributed by atoms with Gasteiger partial charge in [0.15, 0.2) is 0 Å². The molecule has 2 heterocycles. The van der Waals surface area contributed by atoms with Gasteiger partial charge in [0.25, 0.3) is 0 Å². The van der Waals surface area contributed by atoms with Gasteiger partial charge in [-0.3, -0.25) is 0 Å². The number of aromatic nitrogens is 5. The van der Waals surface area contributed by atoms with Crippen LogP contribution in [0.1, 0.15) is 5.56 Å². The maximum absolute atomic E-state index is 14.6. The zero-order valence-electron chi connectivity index (χ0n) is 15.0. The predicted octanol–water partition coefficient (Wildman–Crippen LogP) is 3.22. The molecule has 2 N–H and O–H groups in total. The number of nitrogens with one attached hydrogen (secondary N) is 2. The smallest absolute Gasteiger partial charge is 0.421 e. The zero-order valence-corrected chi connectivity index (χ0v) is 15.0. The Labute approximate surface area is 156 Å². The minimum absolute atomic E-state index is 0.140. The molecule has 8 nitrogen and oxygen atoms in total. The molecule has 3 aromatic rings. The van der Waals surface area contributed by atoms with Crippen molar-refractivity contribution < 1.29 is 22.3 Å². The fraction of sp³-hybridized carbons (Fsp3) is 0.250. The van der Waals surface area contributed by atoms with Crippen LogP contribution in [0, 0.1) is 5.82 Å². The van der Waals surface area contributed by atoms with Crippen molar-refractivity contribution in [3.63, 3.8) is 0 Å². The van der Waals surface area contributed by atoms with Crippen LogP contribution < -0.4 is 15.4 Å². The van der Waals surface area contributed by atoms with E-state index in [-0.39, 0.29) is 22.9 Å². The van der Waals surface area contributed by atoms with Gasteiger partial charge in [0.2, 0.25) is 5.95 Å². The number of hydrogen-bond donors (Lipinski definition) is 2. The minimum atomic E-state index is -4.61. The van der Waals surface area contributed by atoms with Crippen LogP contribution in [0.15, 0.2) is 24.5 Å². The Hall–Kier alpha value is -3.44. The highest BCUT2D eigenvalue weighted by molar-refractivity contribution is 5.72. The lowest BCUT2D eigenvalue weighted by Gasteiger charge is -2.15. The maximum atomic E-state index is 14.6. The van der Waals surface area contributed by atoms with Crippen LogP contribution in [-0.2, 0) is 13.2 Å². The third kappa shape index (κ3) is 3.66. The van der Waals surface area contributed by atoms with Crippen molar-refractivity contribution in [2.75, 3.05) is 24.8 Å². The Morgan fingerprint density at radius 2 is 1.93 bits per heavy atom. The number of methoxy groups -OCH3 is 1. The molecule has 0 atom stereocenters. The second-order valence-corrected chi connectivity index (χ2v) is 5.60. The molecule has 148 valence electrons. The second kappa shape index (κ2) is 7.29. The Morgan fingerprint density at radius 3 is 2.50 bits per heavy atom. The van der Waals surface area contributed by atoms with E-state index in [4.69, 9.17) is 4.74 Å². The van der Waals surface area contributed by atoms with Gasteiger partial charge in [0.1, 0.15) is 22.9 Å². The first-order valence-corrected chi connectivity index (χ1v) is 7.86. The van der Waals surface area contributed by atoms with Crippen LogP contribution in [0.25, 0.3) is 11.3 Å². The monoisotopic (exact) mass is 397 g/mol. The van der Waals surface area contributed by atoms with Gasteiger partial charge >= 0.3 is 6.18 Å². The molecule has 0 radical (unpaired) electrons. The van der Waals surface area contributed by atoms with Gasteiger partial charge in [-0.05, 0) is 6.07 Å². The molecule has 0 unspecified atom stereocenters.